The molecule has 0 aliphatic carbocycles. The maximum Gasteiger partial charge on any atom is 0.416 e. The molecule has 0 aliphatic heterocycles. The number of benzene rings is 2. The van der Waals surface area contributed by atoms with Crippen molar-refractivity contribution in [2.75, 3.05) is 5.32 Å². The Morgan fingerprint density at radius 2 is 1.79 bits per heavy atom. The Kier molecular flexibility index (Phi) is 9.38. The third-order valence-electron chi connectivity index (χ3n) is 3.19. The Morgan fingerprint density at radius 3 is 2.39 bits per heavy atom. The molecule has 0 saturated carbocycles. The summed E-state index contributed by atoms with van der Waals surface area (Å²) in [5.74, 6) is 4.97. The molecule has 0 bridgehead atoms. The highest BCUT2D eigenvalue weighted by molar-refractivity contribution is 5.90. The van der Waals surface area contributed by atoms with E-state index in [2.05, 4.69) is 20.8 Å². The molecule has 0 fully saturated rings. The molecular formula is C19H23F3N4O2. The van der Waals surface area contributed by atoms with Crippen molar-refractivity contribution in [2.45, 2.75) is 26.6 Å². The largest absolute Gasteiger partial charge is 0.416 e. The summed E-state index contributed by atoms with van der Waals surface area (Å²) in [5.41, 5.74) is 0.102. The lowest BCUT2D eigenvalue weighted by Gasteiger charge is -2.12. The van der Waals surface area contributed by atoms with Crippen LogP contribution in [0.25, 0.3) is 0 Å². The molecule has 152 valence electrons. The number of rotatable bonds is 6. The number of alkyl halides is 3. The van der Waals surface area contributed by atoms with E-state index < -0.39 is 17.8 Å². The van der Waals surface area contributed by atoms with Gasteiger partial charge in [0, 0.05) is 12.2 Å². The van der Waals surface area contributed by atoms with Gasteiger partial charge in [-0.25, -0.2) is 4.79 Å². The number of urea groups is 1. The van der Waals surface area contributed by atoms with Gasteiger partial charge in [-0.2, -0.15) is 19.1 Å². The minimum Gasteiger partial charge on any atom is -0.391 e. The van der Waals surface area contributed by atoms with E-state index >= 15 is 0 Å². The summed E-state index contributed by atoms with van der Waals surface area (Å²) in [5, 5.41) is 7.45. The number of hydrogen-bond donors (Lipinski definition) is 4. The van der Waals surface area contributed by atoms with Crippen LogP contribution in [-0.4, -0.2) is 6.03 Å². The van der Waals surface area contributed by atoms with Crippen LogP contribution >= 0.6 is 0 Å². The molecule has 2 rings (SSSR count). The summed E-state index contributed by atoms with van der Waals surface area (Å²) in [6.07, 6.45) is -3.17. The summed E-state index contributed by atoms with van der Waals surface area (Å²) in [6.45, 7) is 4.46. The number of nitrogens with two attached hydrogens (primary N) is 1. The van der Waals surface area contributed by atoms with Gasteiger partial charge in [-0.3, -0.25) is 5.32 Å². The molecule has 0 aromatic heterocycles. The van der Waals surface area contributed by atoms with Gasteiger partial charge in [0.05, 0.1) is 11.8 Å². The molecule has 2 amide bonds. The minimum atomic E-state index is -4.50. The lowest BCUT2D eigenvalue weighted by atomic mass is 10.2. The number of anilines is 1. The summed E-state index contributed by atoms with van der Waals surface area (Å²) in [4.78, 5) is 16.4. The van der Waals surface area contributed by atoms with Gasteiger partial charge in [0.25, 0.3) is 0 Å². The van der Waals surface area contributed by atoms with Crippen molar-refractivity contribution in [1.29, 1.82) is 0 Å². The molecule has 0 atom stereocenters. The van der Waals surface area contributed by atoms with Crippen molar-refractivity contribution in [2.24, 2.45) is 5.90 Å². The zero-order chi connectivity index (χ0) is 21.0. The van der Waals surface area contributed by atoms with E-state index in [9.17, 15) is 18.0 Å². The highest BCUT2D eigenvalue weighted by Crippen LogP contribution is 2.30. The van der Waals surface area contributed by atoms with Gasteiger partial charge >= 0.3 is 12.2 Å². The molecule has 0 radical (unpaired) electrons. The summed E-state index contributed by atoms with van der Waals surface area (Å²) >= 11 is 0. The molecular weight excluding hydrogens is 373 g/mol. The second-order valence-corrected chi connectivity index (χ2v) is 5.15. The Balaban J connectivity index is 0.00000190. The van der Waals surface area contributed by atoms with Crippen LogP contribution < -0.4 is 21.8 Å². The Morgan fingerprint density at radius 1 is 1.11 bits per heavy atom. The molecule has 2 aromatic rings. The number of nitrogens with one attached hydrogen (secondary N) is 3. The number of hydrogen-bond acceptors (Lipinski definition) is 4. The van der Waals surface area contributed by atoms with Crippen molar-refractivity contribution in [1.82, 2.24) is 10.6 Å². The molecule has 2 aromatic carbocycles. The maximum absolute atomic E-state index is 12.7. The van der Waals surface area contributed by atoms with Crippen LogP contribution in [0.15, 0.2) is 66.7 Å². The van der Waals surface area contributed by atoms with E-state index in [1.807, 2.05) is 44.2 Å². The second-order valence-electron chi connectivity index (χ2n) is 5.15. The minimum absolute atomic E-state index is 0.0223. The van der Waals surface area contributed by atoms with Gasteiger partial charge in [-0.1, -0.05) is 50.2 Å². The monoisotopic (exact) mass is 396 g/mol. The van der Waals surface area contributed by atoms with Crippen molar-refractivity contribution < 1.29 is 22.8 Å². The lowest BCUT2D eigenvalue weighted by Crippen LogP contribution is -2.31. The Hall–Kier alpha value is -3.20. The SMILES string of the molecule is CC.NO/C(=C\NCc1ccccc1)NC(=O)Nc1cccc(C(F)(F)F)c1. The van der Waals surface area contributed by atoms with Crippen LogP contribution in [0.1, 0.15) is 25.0 Å². The average molecular weight is 396 g/mol. The topological polar surface area (TPSA) is 88.4 Å². The molecule has 0 aliphatic rings. The van der Waals surface area contributed by atoms with Crippen molar-refractivity contribution in [3.63, 3.8) is 0 Å². The molecule has 9 heteroatoms. The van der Waals surface area contributed by atoms with Crippen LogP contribution in [0, 0.1) is 0 Å². The standard InChI is InChI=1S/C17H17F3N4O2.C2H6/c18-17(19,20)13-7-4-8-14(9-13)23-16(25)24-15(26-21)11-22-10-12-5-2-1-3-6-12;1-2/h1-9,11,22H,10,21H2,(H2,23,24,25);1-2H3/b15-11-;. The first-order valence-electron chi connectivity index (χ1n) is 8.48. The Bertz CT molecular complexity index is 765. The van der Waals surface area contributed by atoms with Gasteiger partial charge in [0.1, 0.15) is 0 Å². The summed E-state index contributed by atoms with van der Waals surface area (Å²) in [7, 11) is 0. The van der Waals surface area contributed by atoms with Crippen LogP contribution in [0.4, 0.5) is 23.7 Å². The zero-order valence-electron chi connectivity index (χ0n) is 15.5. The molecule has 0 spiro atoms. The third-order valence-corrected chi connectivity index (χ3v) is 3.19. The first-order chi connectivity index (χ1) is 13.4. The maximum atomic E-state index is 12.7. The van der Waals surface area contributed by atoms with Crippen molar-refractivity contribution >= 4 is 11.7 Å². The van der Waals surface area contributed by atoms with Crippen molar-refractivity contribution in [3.8, 4) is 0 Å². The average Bonchev–Trinajstić information content (AvgIpc) is 2.69. The van der Waals surface area contributed by atoms with E-state index in [1.54, 1.807) is 0 Å². The number of amides is 2. The van der Waals surface area contributed by atoms with E-state index in [0.29, 0.717) is 6.54 Å². The fourth-order valence-electron chi connectivity index (χ4n) is 2.00. The van der Waals surface area contributed by atoms with E-state index in [1.165, 1.54) is 18.3 Å². The molecule has 5 N–H and O–H groups in total. The molecule has 6 nitrogen and oxygen atoms in total. The highest BCUT2D eigenvalue weighted by atomic mass is 19.4. The predicted octanol–water partition coefficient (Wildman–Crippen LogP) is 4.33. The first-order valence-corrected chi connectivity index (χ1v) is 8.48. The lowest BCUT2D eigenvalue weighted by molar-refractivity contribution is -0.137. The quantitative estimate of drug-likeness (QED) is 0.432. The van der Waals surface area contributed by atoms with E-state index in [4.69, 9.17) is 5.90 Å². The van der Waals surface area contributed by atoms with Gasteiger partial charge in [0.2, 0.25) is 5.88 Å². The normalized spacial score (nSPS) is 11.0. The van der Waals surface area contributed by atoms with Crippen LogP contribution in [-0.2, 0) is 17.6 Å². The summed E-state index contributed by atoms with van der Waals surface area (Å²) < 4.78 is 38.0. The van der Waals surface area contributed by atoms with E-state index in [0.717, 1.165) is 17.7 Å². The van der Waals surface area contributed by atoms with Crippen molar-refractivity contribution in [3.05, 3.63) is 77.8 Å². The molecule has 28 heavy (non-hydrogen) atoms. The van der Waals surface area contributed by atoms with Gasteiger partial charge in [-0.15, -0.1) is 0 Å². The van der Waals surface area contributed by atoms with Crippen LogP contribution in [0.2, 0.25) is 0 Å². The zero-order valence-corrected chi connectivity index (χ0v) is 15.5. The van der Waals surface area contributed by atoms with E-state index in [-0.39, 0.29) is 11.6 Å². The summed E-state index contributed by atoms with van der Waals surface area (Å²) in [6, 6.07) is 12.9. The Labute approximate surface area is 161 Å². The first kappa shape index (κ1) is 22.8. The molecule has 0 saturated heterocycles. The molecule has 0 unspecified atom stereocenters. The number of carbonyl (C=O) groups excluding carboxylic acids is 1. The van der Waals surface area contributed by atoms with Crippen LogP contribution in [0.5, 0.6) is 0 Å². The smallest absolute Gasteiger partial charge is 0.391 e. The third kappa shape index (κ3) is 8.00. The van der Waals surface area contributed by atoms with Gasteiger partial charge in [-0.05, 0) is 23.8 Å². The number of halogens is 3. The van der Waals surface area contributed by atoms with Crippen LogP contribution in [0.3, 0.4) is 0 Å². The predicted molar refractivity (Wildman–Crippen MR) is 102 cm³/mol. The second kappa shape index (κ2) is 11.5. The number of carbonyl (C=O) groups is 1. The van der Waals surface area contributed by atoms with Gasteiger partial charge < -0.3 is 15.5 Å². The fourth-order valence-corrected chi connectivity index (χ4v) is 2.00. The molecule has 0 heterocycles. The fraction of sp³-hybridized carbons (Fsp3) is 0.211. The van der Waals surface area contributed by atoms with Gasteiger partial charge in [0.15, 0.2) is 0 Å². The highest BCUT2D eigenvalue weighted by Gasteiger charge is 2.30.